The predicted molar refractivity (Wildman–Crippen MR) is 129 cm³/mol. The lowest BCUT2D eigenvalue weighted by molar-refractivity contribution is 0.264. The van der Waals surface area contributed by atoms with Crippen LogP contribution in [0.15, 0.2) is 48.9 Å². The molecule has 4 rings (SSSR count). The number of aromatic nitrogens is 5. The zero-order valence-corrected chi connectivity index (χ0v) is 20.2. The molecule has 0 atom stereocenters. The van der Waals surface area contributed by atoms with Crippen LogP contribution in [0.25, 0.3) is 33.8 Å². The second kappa shape index (κ2) is 7.90. The Balaban J connectivity index is 1.97. The van der Waals surface area contributed by atoms with Crippen molar-refractivity contribution in [1.82, 2.24) is 24.7 Å². The molecule has 0 fully saturated rings. The Morgan fingerprint density at radius 3 is 2.47 bits per heavy atom. The van der Waals surface area contributed by atoms with Crippen LogP contribution in [0.5, 0.6) is 5.75 Å². The number of fused-ring (bicyclic) bond motifs is 1. The Bertz CT molecular complexity index is 1280. The SMILES string of the molecule is COc1ccncc1-c1ccc2nc(-c3cccnc3N)n(O[Si](C)(C)C(C)(C)C)c2n1. The van der Waals surface area contributed by atoms with Gasteiger partial charge in [0.2, 0.25) is 0 Å². The van der Waals surface area contributed by atoms with Crippen molar-refractivity contribution >= 4 is 25.3 Å². The van der Waals surface area contributed by atoms with Crippen LogP contribution < -0.4 is 15.0 Å². The van der Waals surface area contributed by atoms with Gasteiger partial charge in [-0.3, -0.25) is 4.98 Å². The number of imidazole rings is 1. The second-order valence-corrected chi connectivity index (χ2v) is 13.8. The van der Waals surface area contributed by atoms with E-state index in [4.69, 9.17) is 25.0 Å². The van der Waals surface area contributed by atoms with Crippen LogP contribution in [0.3, 0.4) is 0 Å². The Labute approximate surface area is 188 Å². The summed E-state index contributed by atoms with van der Waals surface area (Å²) in [5, 5.41) is -0.0223. The van der Waals surface area contributed by atoms with Crippen molar-refractivity contribution in [3.8, 4) is 28.4 Å². The monoisotopic (exact) mass is 448 g/mol. The third-order valence-electron chi connectivity index (χ3n) is 5.95. The van der Waals surface area contributed by atoms with E-state index in [9.17, 15) is 0 Å². The predicted octanol–water partition coefficient (Wildman–Crippen LogP) is 4.58. The van der Waals surface area contributed by atoms with E-state index in [1.165, 1.54) is 0 Å². The molecule has 166 valence electrons. The maximum absolute atomic E-state index is 6.71. The van der Waals surface area contributed by atoms with Crippen LogP contribution in [0.2, 0.25) is 18.1 Å². The van der Waals surface area contributed by atoms with Crippen molar-refractivity contribution < 1.29 is 9.26 Å². The first-order valence-corrected chi connectivity index (χ1v) is 13.3. The van der Waals surface area contributed by atoms with E-state index in [1.54, 1.807) is 30.4 Å². The molecule has 4 heterocycles. The lowest BCUT2D eigenvalue weighted by atomic mass is 10.1. The second-order valence-electron chi connectivity index (χ2n) is 9.13. The summed E-state index contributed by atoms with van der Waals surface area (Å²) in [4.78, 5) is 18.2. The average Bonchev–Trinajstić information content (AvgIpc) is 3.10. The van der Waals surface area contributed by atoms with Gasteiger partial charge in [-0.2, -0.15) is 4.73 Å². The van der Waals surface area contributed by atoms with Crippen molar-refractivity contribution in [2.75, 3.05) is 12.8 Å². The van der Waals surface area contributed by atoms with Crippen molar-refractivity contribution in [2.24, 2.45) is 0 Å². The van der Waals surface area contributed by atoms with Gasteiger partial charge in [-0.25, -0.2) is 15.0 Å². The van der Waals surface area contributed by atoms with Crippen LogP contribution in [-0.4, -0.2) is 40.1 Å². The molecule has 0 unspecified atom stereocenters. The lowest BCUT2D eigenvalue weighted by Gasteiger charge is -2.36. The molecule has 32 heavy (non-hydrogen) atoms. The molecule has 4 aromatic rings. The average molecular weight is 449 g/mol. The molecule has 0 amide bonds. The molecule has 0 aromatic carbocycles. The number of pyridine rings is 3. The van der Waals surface area contributed by atoms with Crippen LogP contribution in [0.4, 0.5) is 5.82 Å². The van der Waals surface area contributed by atoms with Gasteiger partial charge < -0.3 is 15.0 Å². The Morgan fingerprint density at radius 2 is 1.78 bits per heavy atom. The standard InChI is InChI=1S/C23H28N6O2Si/c1-23(2,3)32(5,6)31-29-21(15-8-7-12-26-20(15)24)28-18-10-9-17(27-22(18)29)16-14-25-13-11-19(16)30-4/h7-14H,1-6H3,(H2,24,26). The first-order valence-electron chi connectivity index (χ1n) is 10.4. The van der Waals surface area contributed by atoms with Gasteiger partial charge in [-0.15, -0.1) is 0 Å². The summed E-state index contributed by atoms with van der Waals surface area (Å²) in [5.74, 6) is 1.66. The van der Waals surface area contributed by atoms with Crippen LogP contribution >= 0.6 is 0 Å². The smallest absolute Gasteiger partial charge is 0.284 e. The number of hydrogen-bond acceptors (Lipinski definition) is 7. The lowest BCUT2D eigenvalue weighted by Crippen LogP contribution is -2.48. The fourth-order valence-corrected chi connectivity index (χ4v) is 3.97. The molecule has 0 radical (unpaired) electrons. The van der Waals surface area contributed by atoms with E-state index < -0.39 is 8.32 Å². The molecular weight excluding hydrogens is 420 g/mol. The fraction of sp³-hybridized carbons (Fsp3) is 0.304. The van der Waals surface area contributed by atoms with Crippen LogP contribution in [-0.2, 0) is 0 Å². The first-order chi connectivity index (χ1) is 15.1. The number of hydrogen-bond donors (Lipinski definition) is 1. The Hall–Kier alpha value is -3.46. The summed E-state index contributed by atoms with van der Waals surface area (Å²) < 4.78 is 13.9. The van der Waals surface area contributed by atoms with Gasteiger partial charge in [0.25, 0.3) is 8.32 Å². The van der Waals surface area contributed by atoms with E-state index in [1.807, 2.05) is 30.3 Å². The van der Waals surface area contributed by atoms with E-state index in [2.05, 4.69) is 43.8 Å². The summed E-state index contributed by atoms with van der Waals surface area (Å²) in [6.07, 6.45) is 5.09. The minimum absolute atomic E-state index is 0.0223. The maximum atomic E-state index is 6.71. The molecule has 0 aliphatic carbocycles. The third kappa shape index (κ3) is 3.79. The maximum Gasteiger partial charge on any atom is 0.284 e. The molecule has 0 aliphatic rings. The highest BCUT2D eigenvalue weighted by atomic mass is 28.4. The van der Waals surface area contributed by atoms with Gasteiger partial charge in [-0.1, -0.05) is 20.8 Å². The largest absolute Gasteiger partial charge is 0.496 e. The molecule has 0 saturated carbocycles. The fourth-order valence-electron chi connectivity index (χ4n) is 3.07. The topological polar surface area (TPSA) is 101 Å². The summed E-state index contributed by atoms with van der Waals surface area (Å²) >= 11 is 0. The van der Waals surface area contributed by atoms with E-state index in [-0.39, 0.29) is 5.04 Å². The number of nitrogens with zero attached hydrogens (tertiary/aromatic N) is 5. The highest BCUT2D eigenvalue weighted by molar-refractivity contribution is 6.74. The minimum Gasteiger partial charge on any atom is -0.496 e. The number of ether oxygens (including phenoxy) is 1. The summed E-state index contributed by atoms with van der Waals surface area (Å²) in [6.45, 7) is 10.9. The van der Waals surface area contributed by atoms with E-state index in [0.29, 0.717) is 39.8 Å². The zero-order chi connectivity index (χ0) is 23.1. The van der Waals surface area contributed by atoms with Gasteiger partial charge in [0, 0.05) is 18.6 Å². The number of nitrogens with two attached hydrogens (primary N) is 1. The van der Waals surface area contributed by atoms with Crippen molar-refractivity contribution in [3.05, 3.63) is 48.9 Å². The summed E-state index contributed by atoms with van der Waals surface area (Å²) in [7, 11) is -0.608. The van der Waals surface area contributed by atoms with Gasteiger partial charge >= 0.3 is 0 Å². The number of anilines is 1. The molecule has 8 nitrogen and oxygen atoms in total. The van der Waals surface area contributed by atoms with E-state index in [0.717, 1.165) is 5.56 Å². The zero-order valence-electron chi connectivity index (χ0n) is 19.2. The van der Waals surface area contributed by atoms with Crippen molar-refractivity contribution in [1.29, 1.82) is 0 Å². The van der Waals surface area contributed by atoms with Gasteiger partial charge in [0.05, 0.1) is 23.9 Å². The normalized spacial score (nSPS) is 12.2. The molecule has 9 heteroatoms. The molecule has 0 spiro atoms. The van der Waals surface area contributed by atoms with Crippen molar-refractivity contribution in [3.63, 3.8) is 0 Å². The Morgan fingerprint density at radius 1 is 1.00 bits per heavy atom. The van der Waals surface area contributed by atoms with Gasteiger partial charge in [0.15, 0.2) is 11.5 Å². The van der Waals surface area contributed by atoms with Gasteiger partial charge in [-0.05, 0) is 48.5 Å². The summed E-state index contributed by atoms with van der Waals surface area (Å²) in [5.41, 5.74) is 9.71. The summed E-state index contributed by atoms with van der Waals surface area (Å²) in [6, 6.07) is 9.36. The van der Waals surface area contributed by atoms with Crippen LogP contribution in [0.1, 0.15) is 20.8 Å². The van der Waals surface area contributed by atoms with Gasteiger partial charge in [0.1, 0.15) is 17.1 Å². The molecule has 0 aliphatic heterocycles. The molecule has 0 bridgehead atoms. The quantitative estimate of drug-likeness (QED) is 0.446. The Kier molecular flexibility index (Phi) is 5.37. The minimum atomic E-state index is -2.24. The molecule has 0 saturated heterocycles. The molecule has 4 aromatic heterocycles. The van der Waals surface area contributed by atoms with E-state index >= 15 is 0 Å². The highest BCUT2D eigenvalue weighted by Gasteiger charge is 2.41. The van der Waals surface area contributed by atoms with Crippen LogP contribution in [0, 0.1) is 0 Å². The highest BCUT2D eigenvalue weighted by Crippen LogP contribution is 2.37. The third-order valence-corrected chi connectivity index (χ3v) is 10.2. The number of methoxy groups -OCH3 is 1. The number of rotatable bonds is 5. The first kappa shape index (κ1) is 21.8. The number of nitrogen functional groups attached to an aromatic ring is 1. The van der Waals surface area contributed by atoms with Crippen molar-refractivity contribution in [2.45, 2.75) is 38.9 Å². The molecule has 2 N–H and O–H groups in total. The molecular formula is C23H28N6O2Si.